The summed E-state index contributed by atoms with van der Waals surface area (Å²) < 4.78 is 0. The van der Waals surface area contributed by atoms with E-state index in [0.717, 1.165) is 5.57 Å². The zero-order valence-corrected chi connectivity index (χ0v) is 8.00. The minimum atomic E-state index is -0.0424. The monoisotopic (exact) mass is 164 g/mol. The molecule has 0 aromatic heterocycles. The lowest BCUT2D eigenvalue weighted by Gasteiger charge is -2.01. The summed E-state index contributed by atoms with van der Waals surface area (Å²) in [5, 5.41) is 0. The highest BCUT2D eigenvalue weighted by Gasteiger charge is 2.04. The average molecular weight is 164 g/mol. The van der Waals surface area contributed by atoms with E-state index in [9.17, 15) is 4.79 Å². The van der Waals surface area contributed by atoms with Gasteiger partial charge in [-0.15, -0.1) is 0 Å². The minimum absolute atomic E-state index is 0.0424. The number of carbonyl (C=O) groups excluding carboxylic acids is 1. The molecule has 0 heterocycles. The summed E-state index contributed by atoms with van der Waals surface area (Å²) in [5.74, 6) is 0.0953. The van der Waals surface area contributed by atoms with E-state index >= 15 is 0 Å². The quantitative estimate of drug-likeness (QED) is 0.461. The Morgan fingerprint density at radius 3 is 2.50 bits per heavy atom. The molecule has 0 aliphatic rings. The molecule has 0 radical (unpaired) electrons. The predicted molar refractivity (Wildman–Crippen MR) is 52.9 cm³/mol. The summed E-state index contributed by atoms with van der Waals surface area (Å²) in [7, 11) is 0. The summed E-state index contributed by atoms with van der Waals surface area (Å²) in [6.45, 7) is 9.28. The van der Waals surface area contributed by atoms with Crippen LogP contribution in [0.2, 0.25) is 0 Å². The van der Waals surface area contributed by atoms with Gasteiger partial charge in [0, 0.05) is 5.92 Å². The molecule has 0 aliphatic carbocycles. The molecule has 0 amide bonds. The topological polar surface area (TPSA) is 17.1 Å². The van der Waals surface area contributed by atoms with Crippen LogP contribution in [-0.2, 0) is 4.79 Å². The van der Waals surface area contributed by atoms with Gasteiger partial charge >= 0.3 is 0 Å². The lowest BCUT2D eigenvalue weighted by atomic mass is 10.0. The van der Waals surface area contributed by atoms with Crippen molar-refractivity contribution in [1.82, 2.24) is 0 Å². The molecule has 1 atom stereocenters. The molecule has 0 bridgehead atoms. The average Bonchev–Trinajstić information content (AvgIpc) is 2.04. The lowest BCUT2D eigenvalue weighted by Crippen LogP contribution is -2.04. The number of hydrogen-bond donors (Lipinski definition) is 0. The Bertz CT molecular complexity index is 221. The van der Waals surface area contributed by atoms with Crippen molar-refractivity contribution in [3.8, 4) is 0 Å². The van der Waals surface area contributed by atoms with Crippen LogP contribution in [0.4, 0.5) is 0 Å². The van der Waals surface area contributed by atoms with Crippen molar-refractivity contribution in [1.29, 1.82) is 0 Å². The zero-order valence-electron chi connectivity index (χ0n) is 8.00. The Morgan fingerprint density at radius 1 is 1.50 bits per heavy atom. The van der Waals surface area contributed by atoms with E-state index in [1.807, 2.05) is 26.8 Å². The maximum atomic E-state index is 11.2. The Kier molecular flexibility index (Phi) is 5.02. The van der Waals surface area contributed by atoms with Gasteiger partial charge in [-0.2, -0.15) is 0 Å². The van der Waals surface area contributed by atoms with Crippen LogP contribution in [0.5, 0.6) is 0 Å². The molecule has 0 aromatic rings. The molecular weight excluding hydrogens is 148 g/mol. The van der Waals surface area contributed by atoms with Crippen LogP contribution in [0.15, 0.2) is 36.5 Å². The lowest BCUT2D eigenvalue weighted by molar-refractivity contribution is -0.116. The van der Waals surface area contributed by atoms with Crippen LogP contribution in [0.1, 0.15) is 20.8 Å². The van der Waals surface area contributed by atoms with Crippen LogP contribution >= 0.6 is 0 Å². The number of ketones is 1. The molecule has 0 saturated heterocycles. The van der Waals surface area contributed by atoms with Crippen molar-refractivity contribution in [3.05, 3.63) is 36.5 Å². The fourth-order valence-corrected chi connectivity index (χ4v) is 0.861. The Labute approximate surface area is 74.5 Å². The molecular formula is C11H16O. The number of rotatable bonds is 4. The first-order chi connectivity index (χ1) is 5.61. The van der Waals surface area contributed by atoms with E-state index in [4.69, 9.17) is 0 Å². The van der Waals surface area contributed by atoms with Gasteiger partial charge in [-0.1, -0.05) is 37.3 Å². The van der Waals surface area contributed by atoms with Gasteiger partial charge in [0.2, 0.25) is 0 Å². The molecule has 0 rings (SSSR count). The third-order valence-corrected chi connectivity index (χ3v) is 1.61. The molecule has 0 aromatic carbocycles. The van der Waals surface area contributed by atoms with E-state index < -0.39 is 0 Å². The van der Waals surface area contributed by atoms with Gasteiger partial charge in [0.05, 0.1) is 0 Å². The van der Waals surface area contributed by atoms with Crippen LogP contribution in [0, 0.1) is 5.92 Å². The van der Waals surface area contributed by atoms with Crippen molar-refractivity contribution >= 4 is 5.78 Å². The summed E-state index contributed by atoms with van der Waals surface area (Å²) >= 11 is 0. The van der Waals surface area contributed by atoms with Crippen LogP contribution in [0.3, 0.4) is 0 Å². The van der Waals surface area contributed by atoms with Gasteiger partial charge in [0.25, 0.3) is 0 Å². The van der Waals surface area contributed by atoms with Crippen molar-refractivity contribution in [2.45, 2.75) is 20.8 Å². The van der Waals surface area contributed by atoms with Gasteiger partial charge in [-0.25, -0.2) is 0 Å². The molecule has 0 aliphatic heterocycles. The Hall–Kier alpha value is -1.11. The largest absolute Gasteiger partial charge is 0.294 e. The molecule has 0 fully saturated rings. The van der Waals surface area contributed by atoms with Crippen LogP contribution in [-0.4, -0.2) is 5.78 Å². The smallest absolute Gasteiger partial charge is 0.161 e. The molecule has 12 heavy (non-hydrogen) atoms. The third kappa shape index (κ3) is 3.91. The van der Waals surface area contributed by atoms with Gasteiger partial charge < -0.3 is 0 Å². The maximum Gasteiger partial charge on any atom is 0.161 e. The molecule has 1 nitrogen and oxygen atoms in total. The van der Waals surface area contributed by atoms with Gasteiger partial charge in [-0.05, 0) is 19.9 Å². The standard InChI is InChI=1S/C11H16O/c1-5-7-11(12)10(4)8-9(3)6-2/h5-8,10H,2H2,1,3-4H3/b7-5+,9-8+/t10-/m1/s1. The Morgan fingerprint density at radius 2 is 2.08 bits per heavy atom. The summed E-state index contributed by atoms with van der Waals surface area (Å²) in [6, 6.07) is 0. The van der Waals surface area contributed by atoms with Crippen molar-refractivity contribution in [3.63, 3.8) is 0 Å². The van der Waals surface area contributed by atoms with Gasteiger partial charge in [0.1, 0.15) is 0 Å². The number of allylic oxidation sites excluding steroid dienone is 5. The first kappa shape index (κ1) is 10.9. The number of hydrogen-bond acceptors (Lipinski definition) is 1. The predicted octanol–water partition coefficient (Wildman–Crippen LogP) is 2.90. The third-order valence-electron chi connectivity index (χ3n) is 1.61. The fourth-order valence-electron chi connectivity index (χ4n) is 0.861. The van der Waals surface area contributed by atoms with Crippen molar-refractivity contribution < 1.29 is 4.79 Å². The van der Waals surface area contributed by atoms with E-state index in [1.165, 1.54) is 0 Å². The van der Waals surface area contributed by atoms with E-state index in [1.54, 1.807) is 18.2 Å². The highest BCUT2D eigenvalue weighted by Crippen LogP contribution is 2.05. The van der Waals surface area contributed by atoms with E-state index in [-0.39, 0.29) is 11.7 Å². The molecule has 0 saturated carbocycles. The first-order valence-electron chi connectivity index (χ1n) is 4.09. The van der Waals surface area contributed by atoms with E-state index in [0.29, 0.717) is 0 Å². The summed E-state index contributed by atoms with van der Waals surface area (Å²) in [6.07, 6.45) is 7.02. The van der Waals surface area contributed by atoms with Crippen LogP contribution < -0.4 is 0 Å². The highest BCUT2D eigenvalue weighted by molar-refractivity contribution is 5.92. The summed E-state index contributed by atoms with van der Waals surface area (Å²) in [4.78, 5) is 11.2. The zero-order chi connectivity index (χ0) is 9.56. The second kappa shape index (κ2) is 5.53. The van der Waals surface area contributed by atoms with Gasteiger partial charge in [0.15, 0.2) is 5.78 Å². The Balaban J connectivity index is 4.30. The molecule has 0 spiro atoms. The summed E-state index contributed by atoms with van der Waals surface area (Å²) in [5.41, 5.74) is 1.04. The van der Waals surface area contributed by atoms with Crippen molar-refractivity contribution in [2.24, 2.45) is 5.92 Å². The van der Waals surface area contributed by atoms with E-state index in [2.05, 4.69) is 6.58 Å². The first-order valence-corrected chi connectivity index (χ1v) is 4.09. The normalized spacial score (nSPS) is 14.8. The highest BCUT2D eigenvalue weighted by atomic mass is 16.1. The van der Waals surface area contributed by atoms with Crippen molar-refractivity contribution in [2.75, 3.05) is 0 Å². The fraction of sp³-hybridized carbons (Fsp3) is 0.364. The SMILES string of the molecule is C=C/C(C)=C/[C@@H](C)C(=O)/C=C/C. The molecule has 1 heteroatoms. The molecule has 66 valence electrons. The number of carbonyl (C=O) groups is 1. The maximum absolute atomic E-state index is 11.2. The second-order valence-corrected chi connectivity index (χ2v) is 2.81. The minimum Gasteiger partial charge on any atom is -0.294 e. The second-order valence-electron chi connectivity index (χ2n) is 2.81. The molecule has 0 unspecified atom stereocenters. The van der Waals surface area contributed by atoms with Crippen LogP contribution in [0.25, 0.3) is 0 Å². The van der Waals surface area contributed by atoms with Gasteiger partial charge in [-0.3, -0.25) is 4.79 Å². The molecule has 0 N–H and O–H groups in total.